The van der Waals surface area contributed by atoms with Crippen LogP contribution in [0.1, 0.15) is 29.8 Å². The molecular formula is C15H19N3O2. The summed E-state index contributed by atoms with van der Waals surface area (Å²) in [4.78, 5) is 26.0. The highest BCUT2D eigenvalue weighted by Crippen LogP contribution is 2.26. The maximum atomic E-state index is 12.7. The quantitative estimate of drug-likeness (QED) is 0.802. The van der Waals surface area contributed by atoms with Gasteiger partial charge in [0.2, 0.25) is 5.91 Å². The molecule has 1 saturated heterocycles. The number of piperazine rings is 1. The lowest BCUT2D eigenvalue weighted by atomic mass is 9.98. The lowest BCUT2D eigenvalue weighted by molar-refractivity contribution is -0.115. The molecule has 2 amide bonds. The van der Waals surface area contributed by atoms with Crippen molar-refractivity contribution in [2.45, 2.75) is 25.8 Å². The van der Waals surface area contributed by atoms with Crippen LogP contribution in [0.2, 0.25) is 0 Å². The molecule has 1 aromatic rings. The van der Waals surface area contributed by atoms with E-state index in [0.717, 1.165) is 24.3 Å². The van der Waals surface area contributed by atoms with Gasteiger partial charge in [-0.1, -0.05) is 6.07 Å². The molecule has 1 aromatic carbocycles. The molecule has 2 aliphatic heterocycles. The zero-order valence-electron chi connectivity index (χ0n) is 11.8. The molecule has 1 fully saturated rings. The third-order valence-electron chi connectivity index (χ3n) is 4.03. The van der Waals surface area contributed by atoms with Gasteiger partial charge in [0, 0.05) is 30.9 Å². The monoisotopic (exact) mass is 273 g/mol. The van der Waals surface area contributed by atoms with Crippen molar-refractivity contribution in [1.29, 1.82) is 0 Å². The number of amides is 2. The first kappa shape index (κ1) is 13.1. The van der Waals surface area contributed by atoms with E-state index in [1.165, 1.54) is 0 Å². The average molecular weight is 273 g/mol. The number of hydrogen-bond acceptors (Lipinski definition) is 3. The van der Waals surface area contributed by atoms with E-state index in [9.17, 15) is 9.59 Å². The minimum absolute atomic E-state index is 0.00731. The normalized spacial score (nSPS) is 20.5. The summed E-state index contributed by atoms with van der Waals surface area (Å²) in [7, 11) is 0. The van der Waals surface area contributed by atoms with Gasteiger partial charge in [0.05, 0.1) is 12.0 Å². The summed E-state index contributed by atoms with van der Waals surface area (Å²) in [5, 5.41) is 6.10. The van der Waals surface area contributed by atoms with Crippen LogP contribution < -0.4 is 10.6 Å². The van der Waals surface area contributed by atoms with E-state index >= 15 is 0 Å². The van der Waals surface area contributed by atoms with E-state index in [2.05, 4.69) is 24.5 Å². The summed E-state index contributed by atoms with van der Waals surface area (Å²) in [6.45, 7) is 6.44. The Morgan fingerprint density at radius 1 is 1.35 bits per heavy atom. The van der Waals surface area contributed by atoms with E-state index in [1.807, 2.05) is 17.0 Å². The van der Waals surface area contributed by atoms with E-state index in [-0.39, 0.29) is 17.4 Å². The molecule has 2 aliphatic rings. The lowest BCUT2D eigenvalue weighted by Gasteiger charge is -2.42. The molecule has 2 heterocycles. The topological polar surface area (TPSA) is 61.4 Å². The number of carbonyl (C=O) groups excluding carboxylic acids is 2. The minimum Gasteiger partial charge on any atom is -0.331 e. The smallest absolute Gasteiger partial charge is 0.254 e. The van der Waals surface area contributed by atoms with Gasteiger partial charge in [0.15, 0.2) is 0 Å². The number of benzene rings is 1. The Morgan fingerprint density at radius 3 is 2.90 bits per heavy atom. The SMILES string of the molecule is CC1(C)CNCCN1C(=O)c1ccc2c(c1)NC(=O)C2. The van der Waals surface area contributed by atoms with Crippen molar-refractivity contribution in [3.05, 3.63) is 29.3 Å². The molecule has 0 saturated carbocycles. The highest BCUT2D eigenvalue weighted by atomic mass is 16.2. The largest absolute Gasteiger partial charge is 0.331 e. The van der Waals surface area contributed by atoms with Gasteiger partial charge in [0.1, 0.15) is 0 Å². The van der Waals surface area contributed by atoms with Gasteiger partial charge >= 0.3 is 0 Å². The molecule has 0 radical (unpaired) electrons. The van der Waals surface area contributed by atoms with Gasteiger partial charge in [-0.2, -0.15) is 0 Å². The van der Waals surface area contributed by atoms with Crippen LogP contribution in [0.3, 0.4) is 0 Å². The molecule has 0 bridgehead atoms. The van der Waals surface area contributed by atoms with E-state index < -0.39 is 0 Å². The summed E-state index contributed by atoms with van der Waals surface area (Å²) in [5.41, 5.74) is 2.18. The number of nitrogens with one attached hydrogen (secondary N) is 2. The van der Waals surface area contributed by atoms with Crippen molar-refractivity contribution in [1.82, 2.24) is 10.2 Å². The van der Waals surface area contributed by atoms with Gasteiger partial charge in [0.25, 0.3) is 5.91 Å². The highest BCUT2D eigenvalue weighted by molar-refractivity contribution is 6.02. The van der Waals surface area contributed by atoms with Gasteiger partial charge in [-0.3, -0.25) is 9.59 Å². The minimum atomic E-state index is -0.197. The number of rotatable bonds is 1. The van der Waals surface area contributed by atoms with Crippen LogP contribution >= 0.6 is 0 Å². The molecule has 2 N–H and O–H groups in total. The fraction of sp³-hybridized carbons (Fsp3) is 0.467. The lowest BCUT2D eigenvalue weighted by Crippen LogP contribution is -2.59. The van der Waals surface area contributed by atoms with Crippen LogP contribution in [-0.4, -0.2) is 41.9 Å². The van der Waals surface area contributed by atoms with Crippen LogP contribution in [0.5, 0.6) is 0 Å². The summed E-state index contributed by atoms with van der Waals surface area (Å²) in [6.07, 6.45) is 0.406. The first-order chi connectivity index (χ1) is 9.47. The summed E-state index contributed by atoms with van der Waals surface area (Å²) in [6, 6.07) is 5.48. The van der Waals surface area contributed by atoms with Crippen molar-refractivity contribution in [3.63, 3.8) is 0 Å². The Labute approximate surface area is 118 Å². The number of nitrogens with zero attached hydrogens (tertiary/aromatic N) is 1. The third kappa shape index (κ3) is 2.18. The summed E-state index contributed by atoms with van der Waals surface area (Å²) < 4.78 is 0. The molecule has 5 heteroatoms. The first-order valence-corrected chi connectivity index (χ1v) is 6.93. The summed E-state index contributed by atoms with van der Waals surface area (Å²) >= 11 is 0. The maximum absolute atomic E-state index is 12.7. The summed E-state index contributed by atoms with van der Waals surface area (Å²) in [5.74, 6) is 0.0209. The average Bonchev–Trinajstić information content (AvgIpc) is 2.76. The number of hydrogen-bond donors (Lipinski definition) is 2. The number of carbonyl (C=O) groups is 2. The molecule has 0 atom stereocenters. The molecule has 0 spiro atoms. The van der Waals surface area contributed by atoms with Crippen molar-refractivity contribution in [2.75, 3.05) is 25.0 Å². The predicted octanol–water partition coefficient (Wildman–Crippen LogP) is 1.01. The molecule has 5 nitrogen and oxygen atoms in total. The zero-order valence-corrected chi connectivity index (χ0v) is 11.8. The molecular weight excluding hydrogens is 254 g/mol. The van der Waals surface area contributed by atoms with E-state index in [1.54, 1.807) is 6.07 Å². The Morgan fingerprint density at radius 2 is 2.15 bits per heavy atom. The number of anilines is 1. The fourth-order valence-corrected chi connectivity index (χ4v) is 2.86. The van der Waals surface area contributed by atoms with Crippen molar-refractivity contribution in [3.8, 4) is 0 Å². The maximum Gasteiger partial charge on any atom is 0.254 e. The second-order valence-corrected chi connectivity index (χ2v) is 6.04. The van der Waals surface area contributed by atoms with Gasteiger partial charge in [-0.15, -0.1) is 0 Å². The molecule has 0 aliphatic carbocycles. The molecule has 0 aromatic heterocycles. The molecule has 106 valence electrons. The van der Waals surface area contributed by atoms with E-state index in [4.69, 9.17) is 0 Å². The van der Waals surface area contributed by atoms with E-state index in [0.29, 0.717) is 18.5 Å². The van der Waals surface area contributed by atoms with Crippen LogP contribution in [0, 0.1) is 0 Å². The van der Waals surface area contributed by atoms with Crippen LogP contribution in [0.25, 0.3) is 0 Å². The van der Waals surface area contributed by atoms with Crippen LogP contribution in [-0.2, 0) is 11.2 Å². The Bertz CT molecular complexity index is 580. The van der Waals surface area contributed by atoms with Gasteiger partial charge in [-0.05, 0) is 31.5 Å². The highest BCUT2D eigenvalue weighted by Gasteiger charge is 2.34. The zero-order chi connectivity index (χ0) is 14.3. The second kappa shape index (κ2) is 4.59. The van der Waals surface area contributed by atoms with Gasteiger partial charge < -0.3 is 15.5 Å². The van der Waals surface area contributed by atoms with Crippen molar-refractivity contribution in [2.24, 2.45) is 0 Å². The van der Waals surface area contributed by atoms with Crippen LogP contribution in [0.15, 0.2) is 18.2 Å². The predicted molar refractivity (Wildman–Crippen MR) is 76.8 cm³/mol. The first-order valence-electron chi connectivity index (χ1n) is 6.93. The van der Waals surface area contributed by atoms with Crippen molar-refractivity contribution >= 4 is 17.5 Å². The molecule has 3 rings (SSSR count). The fourth-order valence-electron chi connectivity index (χ4n) is 2.86. The molecule has 20 heavy (non-hydrogen) atoms. The van der Waals surface area contributed by atoms with Gasteiger partial charge in [-0.25, -0.2) is 0 Å². The second-order valence-electron chi connectivity index (χ2n) is 6.04. The Kier molecular flexibility index (Phi) is 3.01. The third-order valence-corrected chi connectivity index (χ3v) is 4.03. The van der Waals surface area contributed by atoms with Crippen molar-refractivity contribution < 1.29 is 9.59 Å². The Hall–Kier alpha value is -1.88. The van der Waals surface area contributed by atoms with Crippen LogP contribution in [0.4, 0.5) is 5.69 Å². The molecule has 0 unspecified atom stereocenters. The Balaban J connectivity index is 1.88. The number of fused-ring (bicyclic) bond motifs is 1. The standard InChI is InChI=1S/C15H19N3O2/c1-15(2)9-16-5-6-18(15)14(20)11-4-3-10-8-13(19)17-12(10)7-11/h3-4,7,16H,5-6,8-9H2,1-2H3,(H,17,19).